The maximum atomic E-state index is 3.82. The van der Waals surface area contributed by atoms with Crippen LogP contribution in [0, 0.1) is 0 Å². The Balaban J connectivity index is 2.61. The maximum absolute atomic E-state index is 3.82. The van der Waals surface area contributed by atoms with Crippen LogP contribution >= 0.6 is 95.6 Å². The molecule has 0 heterocycles. The molecule has 0 aromatic heterocycles. The zero-order valence-electron chi connectivity index (χ0n) is 9.97. The van der Waals surface area contributed by atoms with Gasteiger partial charge in [-0.25, -0.2) is 0 Å². The van der Waals surface area contributed by atoms with E-state index in [0.29, 0.717) is 29.0 Å². The standard InChI is InChI=1S/C12H18Br6/c13-7-1-2-8(14)10(16)5-6-12(18)11(17)4-3-9(7)15/h7-12H,1-6H2/t7-,8-,9+,10+,11-,12-/m1/s1/i1+1,2+1,3+1,4+1,7+1,8+1,9+1,10+1/t7-,8+,9+,10+,11+,12-/m0. The molecule has 0 amide bonds. The first-order valence-corrected chi connectivity index (χ1v) is 11.8. The van der Waals surface area contributed by atoms with Crippen LogP contribution in [0.1, 0.15) is 38.5 Å². The average molecular weight is 650 g/mol. The Morgan fingerprint density at radius 2 is 0.444 bits per heavy atom. The molecule has 18 heavy (non-hydrogen) atoms. The Hall–Kier alpha value is 2.88. The van der Waals surface area contributed by atoms with E-state index in [1.165, 1.54) is 38.5 Å². The van der Waals surface area contributed by atoms with Gasteiger partial charge in [-0.1, -0.05) is 95.6 Å². The Morgan fingerprint density at radius 1 is 0.333 bits per heavy atom. The van der Waals surface area contributed by atoms with Crippen molar-refractivity contribution in [3.63, 3.8) is 0 Å². The first-order valence-electron chi connectivity index (χ1n) is 6.26. The fourth-order valence-electron chi connectivity index (χ4n) is 2.04. The molecule has 0 radical (unpaired) electrons. The van der Waals surface area contributed by atoms with Gasteiger partial charge in [0.2, 0.25) is 0 Å². The number of rotatable bonds is 0. The lowest BCUT2D eigenvalue weighted by atomic mass is 10.2. The molecule has 0 N–H and O–H groups in total. The summed E-state index contributed by atoms with van der Waals surface area (Å²) in [5.74, 6) is 0. The third-order valence-corrected chi connectivity index (χ3v) is 12.0. The van der Waals surface area contributed by atoms with Crippen LogP contribution in [0.3, 0.4) is 0 Å². The van der Waals surface area contributed by atoms with E-state index in [1.807, 2.05) is 0 Å². The lowest BCUT2D eigenvalue weighted by Gasteiger charge is -2.25. The van der Waals surface area contributed by atoms with Gasteiger partial charge in [0.05, 0.1) is 0 Å². The molecular weight excluding hydrogens is 631 g/mol. The lowest BCUT2D eigenvalue weighted by Crippen LogP contribution is -2.25. The highest BCUT2D eigenvalue weighted by Gasteiger charge is 2.25. The zero-order valence-corrected chi connectivity index (χ0v) is 19.5. The van der Waals surface area contributed by atoms with E-state index in [-0.39, 0.29) is 0 Å². The van der Waals surface area contributed by atoms with E-state index in [2.05, 4.69) is 95.6 Å². The van der Waals surface area contributed by atoms with E-state index >= 15 is 0 Å². The fourth-order valence-corrected chi connectivity index (χ4v) is 5.21. The van der Waals surface area contributed by atoms with E-state index in [0.717, 1.165) is 0 Å². The summed E-state index contributed by atoms with van der Waals surface area (Å²) in [4.78, 5) is 3.36. The predicted molar refractivity (Wildman–Crippen MR) is 104 cm³/mol. The van der Waals surface area contributed by atoms with E-state index in [4.69, 9.17) is 0 Å². The number of alkyl halides is 6. The van der Waals surface area contributed by atoms with Crippen LogP contribution in [0.5, 0.6) is 0 Å². The van der Waals surface area contributed by atoms with Crippen molar-refractivity contribution in [2.24, 2.45) is 0 Å². The van der Waals surface area contributed by atoms with Gasteiger partial charge in [-0.15, -0.1) is 0 Å². The summed E-state index contributed by atoms with van der Waals surface area (Å²) < 4.78 is 0. The fraction of sp³-hybridized carbons (Fsp3) is 1.00. The molecule has 6 heteroatoms. The van der Waals surface area contributed by atoms with Gasteiger partial charge in [-0.05, 0) is 38.5 Å². The minimum absolute atomic E-state index is 0.560. The Bertz CT molecular complexity index is 175. The van der Waals surface area contributed by atoms with Crippen LogP contribution in [-0.4, -0.2) is 29.0 Å². The predicted octanol–water partition coefficient (Wildman–Crippen LogP) is 6.92. The second-order valence-corrected chi connectivity index (χ2v) is 11.9. The quantitative estimate of drug-likeness (QED) is 0.198. The molecule has 0 bridgehead atoms. The molecule has 0 saturated heterocycles. The van der Waals surface area contributed by atoms with Crippen LogP contribution in [0.4, 0.5) is 0 Å². The molecule has 0 nitrogen and oxygen atoms in total. The van der Waals surface area contributed by atoms with Crippen molar-refractivity contribution in [3.05, 3.63) is 0 Å². The van der Waals surface area contributed by atoms with Crippen molar-refractivity contribution >= 4 is 95.6 Å². The molecule has 108 valence electrons. The van der Waals surface area contributed by atoms with Crippen LogP contribution in [0.15, 0.2) is 0 Å². The third kappa shape index (κ3) is 6.76. The van der Waals surface area contributed by atoms with Gasteiger partial charge >= 0.3 is 0 Å². The first-order chi connectivity index (χ1) is 8.41. The van der Waals surface area contributed by atoms with Crippen molar-refractivity contribution in [1.29, 1.82) is 0 Å². The average Bonchev–Trinajstić information content (AvgIpc) is 2.36. The van der Waals surface area contributed by atoms with Crippen molar-refractivity contribution in [1.82, 2.24) is 0 Å². The van der Waals surface area contributed by atoms with Crippen LogP contribution in [0.25, 0.3) is 0 Å². The molecule has 0 aliphatic heterocycles. The number of hydrogen-bond donors (Lipinski definition) is 0. The normalized spacial score (nSPS) is 45.0. The molecule has 0 aromatic rings. The van der Waals surface area contributed by atoms with Crippen molar-refractivity contribution in [2.75, 3.05) is 0 Å². The summed E-state index contributed by atoms with van der Waals surface area (Å²) in [5, 5.41) is 0. The van der Waals surface area contributed by atoms with Crippen molar-refractivity contribution < 1.29 is 0 Å². The molecule has 1 aliphatic carbocycles. The third-order valence-electron chi connectivity index (χ3n) is 3.33. The molecule has 1 rings (SSSR count). The highest BCUT2D eigenvalue weighted by atomic mass is 79.9. The molecule has 6 atom stereocenters. The summed E-state index contributed by atoms with van der Waals surface area (Å²) in [6.45, 7) is 0. The van der Waals surface area contributed by atoms with Gasteiger partial charge in [-0.3, -0.25) is 0 Å². The van der Waals surface area contributed by atoms with Crippen molar-refractivity contribution in [3.8, 4) is 0 Å². The lowest BCUT2D eigenvalue weighted by molar-refractivity contribution is 0.557. The molecular formula is C12H18Br6. The molecule has 1 fully saturated rings. The van der Waals surface area contributed by atoms with E-state index in [1.54, 1.807) is 0 Å². The Labute approximate surface area is 161 Å². The van der Waals surface area contributed by atoms with Gasteiger partial charge in [0.1, 0.15) is 0 Å². The second kappa shape index (κ2) is 9.81. The second-order valence-electron chi connectivity index (χ2n) is 4.83. The summed E-state index contributed by atoms with van der Waals surface area (Å²) in [7, 11) is 0. The van der Waals surface area contributed by atoms with E-state index < -0.39 is 0 Å². The largest absolute Gasteiger partial charge is 0.0879 e. The maximum Gasteiger partial charge on any atom is 0.0271 e. The Kier molecular flexibility index (Phi) is 10.3. The van der Waals surface area contributed by atoms with Gasteiger partial charge in [0.25, 0.3) is 0 Å². The van der Waals surface area contributed by atoms with Crippen LogP contribution in [-0.2, 0) is 0 Å². The van der Waals surface area contributed by atoms with Gasteiger partial charge in [0.15, 0.2) is 0 Å². The van der Waals surface area contributed by atoms with Gasteiger partial charge in [-0.2, -0.15) is 0 Å². The molecule has 0 spiro atoms. The summed E-state index contributed by atoms with van der Waals surface area (Å²) >= 11 is 22.9. The number of hydrogen-bond acceptors (Lipinski definition) is 0. The summed E-state index contributed by atoms with van der Waals surface area (Å²) in [6.07, 6.45) is 7.24. The minimum atomic E-state index is 0.560. The molecule has 0 unspecified atom stereocenters. The van der Waals surface area contributed by atoms with Crippen molar-refractivity contribution in [2.45, 2.75) is 67.5 Å². The topological polar surface area (TPSA) is 0 Å². The summed E-state index contributed by atoms with van der Waals surface area (Å²) in [5.41, 5.74) is 0. The number of halogens is 6. The highest BCUT2D eigenvalue weighted by molar-refractivity contribution is 9.13. The highest BCUT2D eigenvalue weighted by Crippen LogP contribution is 2.34. The van der Waals surface area contributed by atoms with E-state index in [9.17, 15) is 0 Å². The summed E-state index contributed by atoms with van der Waals surface area (Å²) in [6, 6.07) is 0. The SMILES string of the molecule is Br[C@@H]1[13CH2][13CH2][13C@@H](Br)[13C@@H](Br)[13CH2][13CH2][13C@@H](Br)[13C@H](Br)CC[C@@H]1Br. The van der Waals surface area contributed by atoms with Gasteiger partial charge in [0, 0.05) is 29.0 Å². The van der Waals surface area contributed by atoms with Crippen LogP contribution in [0.2, 0.25) is 0 Å². The smallest absolute Gasteiger partial charge is 0.0271 e. The Morgan fingerprint density at radius 3 is 0.556 bits per heavy atom. The minimum Gasteiger partial charge on any atom is -0.0879 e. The molecule has 1 saturated carbocycles. The van der Waals surface area contributed by atoms with Crippen LogP contribution < -0.4 is 0 Å². The monoisotopic (exact) mass is 644 g/mol. The molecule has 0 aromatic carbocycles. The molecule has 1 aliphatic rings. The zero-order chi connectivity index (χ0) is 13.7. The van der Waals surface area contributed by atoms with Gasteiger partial charge < -0.3 is 0 Å². The first kappa shape index (κ1) is 18.9.